The minimum absolute atomic E-state index is 0.0325. The van der Waals surface area contributed by atoms with E-state index in [2.05, 4.69) is 10.9 Å². The molecule has 0 aliphatic carbocycles. The van der Waals surface area contributed by atoms with E-state index in [-0.39, 0.29) is 17.4 Å². The number of benzene rings is 1. The summed E-state index contributed by atoms with van der Waals surface area (Å²) < 4.78 is 0. The van der Waals surface area contributed by atoms with Crippen LogP contribution in [0.1, 0.15) is 13.3 Å². The minimum Gasteiger partial charge on any atom is -0.508 e. The van der Waals surface area contributed by atoms with Crippen molar-refractivity contribution >= 4 is 11.6 Å². The Morgan fingerprint density at radius 2 is 2.14 bits per heavy atom. The number of carbonyl (C=O) groups is 1. The number of hydrogen-bond donors (Lipinski definition) is 4. The maximum absolute atomic E-state index is 10.9. The van der Waals surface area contributed by atoms with Gasteiger partial charge in [-0.25, -0.2) is 0 Å². The molecule has 1 aromatic carbocycles. The molecule has 1 amide bonds. The van der Waals surface area contributed by atoms with E-state index in [4.69, 9.17) is 5.11 Å². The Labute approximate surface area is 81.3 Å². The van der Waals surface area contributed by atoms with Crippen molar-refractivity contribution in [2.45, 2.75) is 13.3 Å². The topological polar surface area (TPSA) is 81.6 Å². The third-order valence-corrected chi connectivity index (χ3v) is 1.64. The van der Waals surface area contributed by atoms with Crippen LogP contribution in [0.3, 0.4) is 0 Å². The maximum Gasteiger partial charge on any atom is 0.238 e. The average molecular weight is 196 g/mol. The van der Waals surface area contributed by atoms with Crippen molar-refractivity contribution in [1.82, 2.24) is 5.43 Å². The molecule has 0 heterocycles. The number of phenols is 2. The molecule has 5 heteroatoms. The molecule has 0 aromatic heterocycles. The first-order valence-corrected chi connectivity index (χ1v) is 4.20. The summed E-state index contributed by atoms with van der Waals surface area (Å²) in [6, 6.07) is 4.04. The van der Waals surface area contributed by atoms with Gasteiger partial charge in [-0.2, -0.15) is 0 Å². The molecule has 76 valence electrons. The second-order valence-electron chi connectivity index (χ2n) is 2.73. The van der Waals surface area contributed by atoms with Crippen LogP contribution in [-0.2, 0) is 4.79 Å². The van der Waals surface area contributed by atoms with E-state index in [1.54, 1.807) is 6.92 Å². The summed E-state index contributed by atoms with van der Waals surface area (Å²) in [6.07, 6.45) is 0.353. The fraction of sp³-hybridized carbons (Fsp3) is 0.222. The average Bonchev–Trinajstić information content (AvgIpc) is 2.16. The zero-order valence-electron chi connectivity index (χ0n) is 7.74. The highest BCUT2D eigenvalue weighted by atomic mass is 16.3. The Balaban J connectivity index is 2.63. The van der Waals surface area contributed by atoms with Crippen LogP contribution in [0.5, 0.6) is 11.5 Å². The number of aromatic hydroxyl groups is 2. The van der Waals surface area contributed by atoms with E-state index in [9.17, 15) is 9.90 Å². The van der Waals surface area contributed by atoms with Gasteiger partial charge in [0, 0.05) is 12.5 Å². The summed E-state index contributed by atoms with van der Waals surface area (Å²) >= 11 is 0. The largest absolute Gasteiger partial charge is 0.508 e. The van der Waals surface area contributed by atoms with Gasteiger partial charge in [0.05, 0.1) is 5.69 Å². The molecule has 0 atom stereocenters. The van der Waals surface area contributed by atoms with Gasteiger partial charge in [0.2, 0.25) is 5.91 Å². The van der Waals surface area contributed by atoms with Crippen LogP contribution in [0.15, 0.2) is 18.2 Å². The fourth-order valence-corrected chi connectivity index (χ4v) is 0.851. The van der Waals surface area contributed by atoms with E-state index in [0.717, 1.165) is 0 Å². The Hall–Kier alpha value is -1.91. The molecule has 0 saturated heterocycles. The summed E-state index contributed by atoms with van der Waals surface area (Å²) in [5, 5.41) is 18.3. The van der Waals surface area contributed by atoms with E-state index < -0.39 is 0 Å². The van der Waals surface area contributed by atoms with Gasteiger partial charge in [-0.15, -0.1) is 0 Å². The summed E-state index contributed by atoms with van der Waals surface area (Å²) in [4.78, 5) is 10.9. The van der Waals surface area contributed by atoms with Gasteiger partial charge < -0.3 is 10.2 Å². The third-order valence-electron chi connectivity index (χ3n) is 1.64. The van der Waals surface area contributed by atoms with Crippen molar-refractivity contribution in [3.05, 3.63) is 18.2 Å². The van der Waals surface area contributed by atoms with Gasteiger partial charge in [-0.3, -0.25) is 15.6 Å². The third kappa shape index (κ3) is 2.55. The summed E-state index contributed by atoms with van der Waals surface area (Å²) in [5.74, 6) is -0.339. The van der Waals surface area contributed by atoms with Crippen molar-refractivity contribution in [3.8, 4) is 11.5 Å². The van der Waals surface area contributed by atoms with Crippen LogP contribution in [0, 0.1) is 0 Å². The first kappa shape index (κ1) is 10.2. The molecule has 0 radical (unpaired) electrons. The minimum atomic E-state index is -0.183. The van der Waals surface area contributed by atoms with Gasteiger partial charge >= 0.3 is 0 Å². The van der Waals surface area contributed by atoms with Crippen molar-refractivity contribution in [1.29, 1.82) is 0 Å². The van der Waals surface area contributed by atoms with Crippen LogP contribution in [-0.4, -0.2) is 16.1 Å². The summed E-state index contributed by atoms with van der Waals surface area (Å²) in [7, 11) is 0. The van der Waals surface area contributed by atoms with Gasteiger partial charge in [0.25, 0.3) is 0 Å². The lowest BCUT2D eigenvalue weighted by Crippen LogP contribution is -2.28. The second-order valence-corrected chi connectivity index (χ2v) is 2.73. The van der Waals surface area contributed by atoms with Crippen molar-refractivity contribution in [2.24, 2.45) is 0 Å². The highest BCUT2D eigenvalue weighted by Crippen LogP contribution is 2.26. The van der Waals surface area contributed by atoms with E-state index >= 15 is 0 Å². The molecule has 0 saturated carbocycles. The maximum atomic E-state index is 10.9. The highest BCUT2D eigenvalue weighted by Gasteiger charge is 2.02. The number of anilines is 1. The normalized spacial score (nSPS) is 9.50. The zero-order valence-corrected chi connectivity index (χ0v) is 7.74. The predicted molar refractivity (Wildman–Crippen MR) is 51.8 cm³/mol. The molecule has 1 aromatic rings. The lowest BCUT2D eigenvalue weighted by Gasteiger charge is -2.08. The van der Waals surface area contributed by atoms with Crippen LogP contribution in [0.4, 0.5) is 5.69 Å². The number of rotatable bonds is 3. The Kier molecular flexibility index (Phi) is 3.17. The van der Waals surface area contributed by atoms with Gasteiger partial charge in [-0.1, -0.05) is 6.92 Å². The Bertz CT molecular complexity index is 339. The van der Waals surface area contributed by atoms with Crippen LogP contribution in [0.2, 0.25) is 0 Å². The molecule has 1 rings (SSSR count). The molecule has 0 bridgehead atoms. The van der Waals surface area contributed by atoms with Crippen molar-refractivity contribution in [3.63, 3.8) is 0 Å². The lowest BCUT2D eigenvalue weighted by atomic mass is 10.3. The SMILES string of the molecule is CCC(=O)NNc1ccc(O)cc1O. The molecule has 14 heavy (non-hydrogen) atoms. The monoisotopic (exact) mass is 196 g/mol. The predicted octanol–water partition coefficient (Wildman–Crippen LogP) is 0.951. The van der Waals surface area contributed by atoms with Gasteiger partial charge in [0.1, 0.15) is 11.5 Å². The standard InChI is InChI=1S/C9H12N2O3/c1-2-9(14)11-10-7-4-3-6(12)5-8(7)13/h3-5,10,12-13H,2H2,1H3,(H,11,14). The van der Waals surface area contributed by atoms with Gasteiger partial charge in [0.15, 0.2) is 0 Å². The molecule has 0 aliphatic heterocycles. The first-order valence-electron chi connectivity index (χ1n) is 4.20. The number of phenolic OH excluding ortho intramolecular Hbond substituents is 2. The Morgan fingerprint density at radius 3 is 2.71 bits per heavy atom. The van der Waals surface area contributed by atoms with E-state index in [1.165, 1.54) is 18.2 Å². The molecular weight excluding hydrogens is 184 g/mol. The van der Waals surface area contributed by atoms with Crippen molar-refractivity contribution in [2.75, 3.05) is 5.43 Å². The van der Waals surface area contributed by atoms with Crippen LogP contribution < -0.4 is 10.9 Å². The quantitative estimate of drug-likeness (QED) is 0.329. The molecule has 5 nitrogen and oxygen atoms in total. The zero-order chi connectivity index (χ0) is 10.6. The van der Waals surface area contributed by atoms with Crippen LogP contribution >= 0.6 is 0 Å². The molecule has 0 unspecified atom stereocenters. The molecule has 0 aliphatic rings. The van der Waals surface area contributed by atoms with Gasteiger partial charge in [-0.05, 0) is 12.1 Å². The highest BCUT2D eigenvalue weighted by molar-refractivity contribution is 5.77. The number of amides is 1. The van der Waals surface area contributed by atoms with Crippen LogP contribution in [0.25, 0.3) is 0 Å². The second kappa shape index (κ2) is 4.36. The summed E-state index contributed by atoms with van der Waals surface area (Å²) in [5.41, 5.74) is 5.25. The number of hydrazine groups is 1. The number of nitrogens with one attached hydrogen (secondary N) is 2. The number of carbonyl (C=O) groups excluding carboxylic acids is 1. The lowest BCUT2D eigenvalue weighted by molar-refractivity contribution is -0.120. The molecular formula is C9H12N2O3. The van der Waals surface area contributed by atoms with E-state index in [1.807, 2.05) is 0 Å². The fourth-order valence-electron chi connectivity index (χ4n) is 0.851. The first-order chi connectivity index (χ1) is 6.63. The summed E-state index contributed by atoms with van der Waals surface area (Å²) in [6.45, 7) is 1.72. The Morgan fingerprint density at radius 1 is 1.43 bits per heavy atom. The molecule has 4 N–H and O–H groups in total. The smallest absolute Gasteiger partial charge is 0.238 e. The van der Waals surface area contributed by atoms with Crippen molar-refractivity contribution < 1.29 is 15.0 Å². The number of hydrogen-bond acceptors (Lipinski definition) is 4. The van der Waals surface area contributed by atoms with E-state index in [0.29, 0.717) is 12.1 Å². The molecule has 0 spiro atoms. The molecule has 0 fully saturated rings.